The van der Waals surface area contributed by atoms with E-state index >= 15 is 0 Å². The largest absolute Gasteiger partial charge is 0.508 e. The molecule has 0 fully saturated rings. The molecule has 48 nitrogen and oxygen atoms in total. The molecule has 0 saturated carbocycles. The Kier molecular flexibility index (Phi) is 60.2. The van der Waals surface area contributed by atoms with E-state index in [4.69, 9.17) is 57.3 Å². The fourth-order valence-corrected chi connectivity index (χ4v) is 14.2. The molecule has 0 aliphatic carbocycles. The van der Waals surface area contributed by atoms with Crippen LogP contribution in [0.3, 0.4) is 0 Å². The van der Waals surface area contributed by atoms with E-state index in [-0.39, 0.29) is 184 Å². The van der Waals surface area contributed by atoms with Crippen LogP contribution >= 0.6 is 35.3 Å². The Balaban J connectivity index is 3.93. The van der Waals surface area contributed by atoms with E-state index in [1.54, 1.807) is 32.6 Å². The van der Waals surface area contributed by atoms with Gasteiger partial charge in [-0.2, -0.15) is 35.3 Å². The lowest BCUT2D eigenvalue weighted by Gasteiger charge is -2.29. The number of aliphatic imine (C=N–C) groups is 3. The molecule has 1 rings (SSSR count). The maximum absolute atomic E-state index is 15.0. The number of benzene rings is 1. The molecule has 0 spiro atoms. The van der Waals surface area contributed by atoms with Gasteiger partial charge in [-0.05, 0) is 222 Å². The number of carbonyl (C=O) groups is 17. The molecule has 51 heteroatoms. The topological polar surface area (TPSA) is 837 Å². The van der Waals surface area contributed by atoms with Crippen LogP contribution in [0.15, 0.2) is 39.2 Å². The van der Waals surface area contributed by atoms with E-state index in [1.165, 1.54) is 73.4 Å². The first-order chi connectivity index (χ1) is 62.4. The van der Waals surface area contributed by atoms with Crippen LogP contribution in [-0.2, 0) is 87.9 Å². The summed E-state index contributed by atoms with van der Waals surface area (Å²) in [5, 5.41) is 75.9. The summed E-state index contributed by atoms with van der Waals surface area (Å²) in [4.78, 5) is 250. The van der Waals surface area contributed by atoms with Crippen molar-refractivity contribution >= 4 is 154 Å². The summed E-state index contributed by atoms with van der Waals surface area (Å²) in [6.45, 7) is 6.24. The minimum absolute atomic E-state index is 0.00238. The van der Waals surface area contributed by atoms with E-state index in [0.29, 0.717) is 29.9 Å². The molecule has 0 saturated heterocycles. The number of aliphatic carboxylic acids is 3. The molecular formula is C81H143N27O21S3. The second-order valence-corrected chi connectivity index (χ2v) is 34.7. The molecule has 1 aromatic rings. The Hall–Kier alpha value is -11.3. The lowest BCUT2D eigenvalue weighted by atomic mass is 10.0. The maximum Gasteiger partial charge on any atom is 0.326 e. The summed E-state index contributed by atoms with van der Waals surface area (Å²) in [5.41, 5.74) is 57.1. The number of guanidine groups is 3. The number of aromatic hydroxyl groups is 1. The molecule has 0 bridgehead atoms. The Morgan fingerprint density at radius 2 is 0.598 bits per heavy atom. The summed E-state index contributed by atoms with van der Waals surface area (Å²) in [6, 6.07) is -16.7. The number of thioether (sulfide) groups is 3. The molecule has 746 valence electrons. The van der Waals surface area contributed by atoms with Crippen molar-refractivity contribution in [2.24, 2.45) is 78.2 Å². The lowest BCUT2D eigenvalue weighted by Crippen LogP contribution is -2.61. The molecule has 0 aromatic heterocycles. The Bertz CT molecular complexity index is 3940. The standard InChI is InChI=1S/C81H143N27O21S3/c1-44(2)41-59(106-72(122)55(27-28-62(110)111)102-77(127)61(43-63(112)113)108-71(121)51(19-10-13-34-84)99-67(117)49(17-8-11-32-82)97-65(115)46(4)95-66(116)52(96-64(114)45(3)85)20-14-35-92-79(86)87)75(125)101-54(22-16-37-94-81(90)91)70(120)100-53(21-15-36-93-80(88)89)69(119)98-50(18-9-12-33-83)68(118)103-56(29-38-130-5)73(123)104-57(30-39-131-6)74(124)107-60(42-47-23-25-48(109)26-24-47)76(126)105-58(78(128)129)31-40-132-7/h23-26,44-46,49-61,109H,8-22,27-43,82-85H2,1-7H3,(H,95,116)(H,96,114)(H,97,115)(H,98,119)(H,99,117)(H,100,120)(H,101,125)(H,102,127)(H,103,118)(H,104,123)(H,105,126)(H,106,122)(H,107,124)(H,108,121)(H,110,111)(H,112,113)(H,128,129)(H4,86,87,92)(H4,88,89,93)(H4,90,91,94)/t45-,46-,49-,50-,51-,52-,53-,54-,55-,56-,57-,58-,59-,60-,61-/m0/s1. The number of carboxylic acids is 3. The summed E-state index contributed by atoms with van der Waals surface area (Å²) in [6.07, 6.45) is 2.96. The van der Waals surface area contributed by atoms with E-state index < -0.39 is 216 Å². The fraction of sp³-hybridized carbons (Fsp3) is 0.679. The minimum Gasteiger partial charge on any atom is -0.508 e. The first-order valence-corrected chi connectivity index (χ1v) is 47.8. The highest BCUT2D eigenvalue weighted by molar-refractivity contribution is 7.99. The number of phenols is 1. The van der Waals surface area contributed by atoms with Crippen molar-refractivity contribution in [1.82, 2.24) is 74.4 Å². The minimum atomic E-state index is -2.09. The summed E-state index contributed by atoms with van der Waals surface area (Å²) in [7, 11) is 0. The molecule has 0 unspecified atom stereocenters. The number of nitrogens with one attached hydrogen (secondary N) is 14. The average molecular weight is 1930 g/mol. The number of nitrogens with two attached hydrogens (primary N) is 10. The van der Waals surface area contributed by atoms with Gasteiger partial charge in [-0.15, -0.1) is 0 Å². The molecule has 0 radical (unpaired) electrons. The number of amides is 14. The monoisotopic (exact) mass is 1930 g/mol. The molecule has 15 atom stereocenters. The number of carbonyl (C=O) groups excluding carboxylic acids is 14. The zero-order valence-electron chi connectivity index (χ0n) is 76.2. The van der Waals surface area contributed by atoms with Crippen molar-refractivity contribution < 1.29 is 102 Å². The van der Waals surface area contributed by atoms with Crippen molar-refractivity contribution in [3.05, 3.63) is 29.8 Å². The number of nitrogens with zero attached hydrogens (tertiary/aromatic N) is 3. The number of hydrogen-bond acceptors (Lipinski definition) is 28. The van der Waals surface area contributed by atoms with Gasteiger partial charge in [0.1, 0.15) is 90.3 Å². The van der Waals surface area contributed by atoms with Crippen molar-refractivity contribution in [1.29, 1.82) is 0 Å². The Labute approximate surface area is 781 Å². The third-order valence-electron chi connectivity index (χ3n) is 20.0. The quantitative estimate of drug-likeness (QED) is 0.0164. The zero-order valence-corrected chi connectivity index (χ0v) is 78.7. The Morgan fingerprint density at radius 1 is 0.326 bits per heavy atom. The number of rotatable bonds is 71. The van der Waals surface area contributed by atoms with E-state index in [0.717, 1.165) is 0 Å². The van der Waals surface area contributed by atoms with Crippen LogP contribution in [0.1, 0.15) is 175 Å². The smallest absolute Gasteiger partial charge is 0.326 e. The van der Waals surface area contributed by atoms with Crippen molar-refractivity contribution in [2.75, 3.05) is 75.3 Å². The summed E-state index contributed by atoms with van der Waals surface area (Å²) in [5.74, 6) is -18.6. The van der Waals surface area contributed by atoms with Gasteiger partial charge in [0, 0.05) is 32.5 Å². The molecule has 38 N–H and O–H groups in total. The van der Waals surface area contributed by atoms with Gasteiger partial charge in [-0.25, -0.2) is 4.79 Å². The third-order valence-corrected chi connectivity index (χ3v) is 21.9. The maximum atomic E-state index is 15.0. The summed E-state index contributed by atoms with van der Waals surface area (Å²) < 4.78 is 0. The van der Waals surface area contributed by atoms with Gasteiger partial charge in [0.15, 0.2) is 17.9 Å². The lowest BCUT2D eigenvalue weighted by molar-refractivity contribution is -0.142. The molecule has 0 aliphatic heterocycles. The summed E-state index contributed by atoms with van der Waals surface area (Å²) >= 11 is 4.00. The van der Waals surface area contributed by atoms with Crippen LogP contribution in [0.5, 0.6) is 5.75 Å². The number of hydrogen-bond donors (Lipinski definition) is 28. The van der Waals surface area contributed by atoms with Gasteiger partial charge < -0.3 is 152 Å². The van der Waals surface area contributed by atoms with Gasteiger partial charge in [-0.3, -0.25) is 91.7 Å². The van der Waals surface area contributed by atoms with E-state index in [2.05, 4.69) is 89.4 Å². The average Bonchev–Trinajstić information content (AvgIpc) is 0.861. The highest BCUT2D eigenvalue weighted by Gasteiger charge is 2.39. The predicted molar refractivity (Wildman–Crippen MR) is 502 cm³/mol. The van der Waals surface area contributed by atoms with Crippen LogP contribution < -0.4 is 132 Å². The van der Waals surface area contributed by atoms with Gasteiger partial charge in [0.25, 0.3) is 0 Å². The fourth-order valence-electron chi connectivity index (χ4n) is 12.8. The predicted octanol–water partition coefficient (Wildman–Crippen LogP) is -6.63. The van der Waals surface area contributed by atoms with Crippen LogP contribution in [-0.4, -0.2) is 305 Å². The molecule has 0 heterocycles. The second-order valence-electron chi connectivity index (χ2n) is 31.7. The Morgan fingerprint density at radius 3 is 0.917 bits per heavy atom. The first-order valence-electron chi connectivity index (χ1n) is 43.6. The number of carboxylic acid groups (broad SMARTS) is 3. The van der Waals surface area contributed by atoms with Crippen LogP contribution in [0.4, 0.5) is 0 Å². The third kappa shape index (κ3) is 50.9. The van der Waals surface area contributed by atoms with Gasteiger partial charge >= 0.3 is 17.9 Å². The highest BCUT2D eigenvalue weighted by Crippen LogP contribution is 2.18. The number of unbranched alkanes of at least 4 members (excludes halogenated alkanes) is 3. The molecule has 14 amide bonds. The van der Waals surface area contributed by atoms with E-state index in [9.17, 15) is 102 Å². The van der Waals surface area contributed by atoms with E-state index in [1.807, 2.05) is 0 Å². The van der Waals surface area contributed by atoms with Crippen LogP contribution in [0, 0.1) is 5.92 Å². The second kappa shape index (κ2) is 67.0. The number of phenolic OH excluding ortho intramolecular Hbond substituents is 1. The zero-order chi connectivity index (χ0) is 99.5. The first kappa shape index (κ1) is 119. The molecular weight excluding hydrogens is 1780 g/mol. The van der Waals surface area contributed by atoms with Gasteiger partial charge in [0.05, 0.1) is 12.5 Å². The van der Waals surface area contributed by atoms with Gasteiger partial charge in [0.2, 0.25) is 82.7 Å². The normalized spacial score (nSPS) is 14.5. The van der Waals surface area contributed by atoms with Crippen LogP contribution in [0.2, 0.25) is 0 Å². The molecule has 1 aromatic carbocycles. The highest BCUT2D eigenvalue weighted by atomic mass is 32.2. The van der Waals surface area contributed by atoms with Crippen LogP contribution in [0.25, 0.3) is 0 Å². The SMILES string of the molecule is CSCC[C@H](NC(=O)[C@H](Cc1ccc(O)cc1)NC(=O)[C@H](CCSC)NC(=O)[C@H](CCSC)NC(=O)[C@H](CCCCN)NC(=O)[C@H](CCCN=C(N)N)NC(=O)[C@H](CCCN=C(N)N)NC(=O)[C@H](CC(C)C)NC(=O)[C@H](CCC(=O)O)NC(=O)[C@H](CC(=O)O)NC(=O)[C@H](CCCCN)NC(=O)[C@H](CCCCN)NC(=O)[C@H](C)NC(=O)[C@H](CCCN=C(N)N)NC(=O)[C@H](C)N)C(=O)O. The molecule has 132 heavy (non-hydrogen) atoms. The van der Waals surface area contributed by atoms with Gasteiger partial charge in [-0.1, -0.05) is 26.0 Å². The van der Waals surface area contributed by atoms with Crippen molar-refractivity contribution in [3.8, 4) is 5.75 Å². The molecule has 0 aliphatic rings. The van der Waals surface area contributed by atoms with Crippen molar-refractivity contribution in [3.63, 3.8) is 0 Å². The van der Waals surface area contributed by atoms with Crippen molar-refractivity contribution in [2.45, 2.75) is 266 Å².